The van der Waals surface area contributed by atoms with Gasteiger partial charge in [-0.2, -0.15) is 0 Å². The lowest BCUT2D eigenvalue weighted by Gasteiger charge is -2.26. The molecule has 1 aromatic carbocycles. The first-order valence-corrected chi connectivity index (χ1v) is 7.57. The lowest BCUT2D eigenvalue weighted by atomic mass is 10.1. The third-order valence-corrected chi connectivity index (χ3v) is 3.06. The fraction of sp³-hybridized carbons (Fsp3) is 0.625. The largest absolute Gasteiger partial charge is 0.384 e. The highest BCUT2D eigenvalue weighted by molar-refractivity contribution is 6.30. The van der Waals surface area contributed by atoms with Gasteiger partial charge in [0.05, 0.1) is 0 Å². The van der Waals surface area contributed by atoms with Gasteiger partial charge in [-0.25, -0.2) is 0 Å². The number of anilines is 1. The highest BCUT2D eigenvalue weighted by Crippen LogP contribution is 2.14. The molecule has 0 aliphatic heterocycles. The molecule has 0 bridgehead atoms. The molecule has 0 spiro atoms. The molecule has 3 heteroatoms. The maximum atomic E-state index is 5.97. The van der Waals surface area contributed by atoms with E-state index in [2.05, 4.69) is 44.0 Å². The minimum Gasteiger partial charge on any atom is -0.384 e. The van der Waals surface area contributed by atoms with Crippen molar-refractivity contribution in [3.63, 3.8) is 0 Å². The van der Waals surface area contributed by atoms with Crippen molar-refractivity contribution in [2.75, 3.05) is 31.5 Å². The minimum atomic E-state index is 0.713. The topological polar surface area (TPSA) is 15.3 Å². The van der Waals surface area contributed by atoms with E-state index in [-0.39, 0.29) is 0 Å². The summed E-state index contributed by atoms with van der Waals surface area (Å²) in [5.41, 5.74) is 1.10. The van der Waals surface area contributed by atoms with Gasteiger partial charge in [0, 0.05) is 36.9 Å². The van der Waals surface area contributed by atoms with Crippen LogP contribution < -0.4 is 5.32 Å². The molecule has 0 aromatic heterocycles. The molecule has 0 aliphatic rings. The van der Waals surface area contributed by atoms with Crippen molar-refractivity contribution in [3.8, 4) is 0 Å². The van der Waals surface area contributed by atoms with Gasteiger partial charge >= 0.3 is 0 Å². The van der Waals surface area contributed by atoms with Crippen molar-refractivity contribution < 1.29 is 0 Å². The Labute approximate surface area is 123 Å². The Morgan fingerprint density at radius 3 is 2.26 bits per heavy atom. The lowest BCUT2D eigenvalue weighted by Crippen LogP contribution is -2.35. The van der Waals surface area contributed by atoms with Gasteiger partial charge in [0.25, 0.3) is 0 Å². The number of hydrogen-bond acceptors (Lipinski definition) is 2. The number of halogens is 1. The van der Waals surface area contributed by atoms with Crippen molar-refractivity contribution in [1.29, 1.82) is 0 Å². The summed E-state index contributed by atoms with van der Waals surface area (Å²) < 4.78 is 0. The zero-order valence-electron chi connectivity index (χ0n) is 12.6. The Hall–Kier alpha value is -0.730. The van der Waals surface area contributed by atoms with E-state index >= 15 is 0 Å². The molecular formula is C16H27ClN2. The number of hydrogen-bond donors (Lipinski definition) is 1. The summed E-state index contributed by atoms with van der Waals surface area (Å²) >= 11 is 5.97. The highest BCUT2D eigenvalue weighted by atomic mass is 35.5. The molecule has 0 saturated carbocycles. The fourth-order valence-electron chi connectivity index (χ4n) is 2.25. The van der Waals surface area contributed by atoms with Crippen LogP contribution in [0.25, 0.3) is 0 Å². The molecule has 0 atom stereocenters. The molecular weight excluding hydrogens is 256 g/mol. The molecule has 0 saturated heterocycles. The van der Waals surface area contributed by atoms with Crippen LogP contribution in [0.4, 0.5) is 5.69 Å². The number of nitrogens with zero attached hydrogens (tertiary/aromatic N) is 1. The molecule has 1 N–H and O–H groups in total. The third-order valence-electron chi connectivity index (χ3n) is 2.83. The molecule has 0 aliphatic carbocycles. The van der Waals surface area contributed by atoms with Crippen molar-refractivity contribution >= 4 is 17.3 Å². The van der Waals surface area contributed by atoms with E-state index in [9.17, 15) is 0 Å². The second kappa shape index (κ2) is 8.44. The normalized spacial score (nSPS) is 11.6. The van der Waals surface area contributed by atoms with Gasteiger partial charge in [-0.3, -0.25) is 0 Å². The van der Waals surface area contributed by atoms with Crippen LogP contribution in [0.5, 0.6) is 0 Å². The zero-order valence-corrected chi connectivity index (χ0v) is 13.4. The summed E-state index contributed by atoms with van der Waals surface area (Å²) in [4.78, 5) is 2.53. The van der Waals surface area contributed by atoms with Gasteiger partial charge in [0.15, 0.2) is 0 Å². The summed E-state index contributed by atoms with van der Waals surface area (Å²) in [5.74, 6) is 1.43. The van der Waals surface area contributed by atoms with Crippen LogP contribution in [0.3, 0.4) is 0 Å². The van der Waals surface area contributed by atoms with Crippen molar-refractivity contribution in [2.24, 2.45) is 11.8 Å². The predicted octanol–water partition coefficient (Wildman–Crippen LogP) is 4.37. The van der Waals surface area contributed by atoms with E-state index in [0.29, 0.717) is 11.8 Å². The van der Waals surface area contributed by atoms with E-state index in [1.165, 1.54) is 0 Å². The average molecular weight is 283 g/mol. The highest BCUT2D eigenvalue weighted by Gasteiger charge is 2.08. The van der Waals surface area contributed by atoms with Crippen molar-refractivity contribution in [3.05, 3.63) is 29.3 Å². The van der Waals surface area contributed by atoms with Crippen LogP contribution in [-0.4, -0.2) is 31.1 Å². The van der Waals surface area contributed by atoms with E-state index in [1.807, 2.05) is 18.2 Å². The van der Waals surface area contributed by atoms with Crippen LogP contribution in [-0.2, 0) is 0 Å². The van der Waals surface area contributed by atoms with E-state index < -0.39 is 0 Å². The zero-order chi connectivity index (χ0) is 14.3. The standard InChI is InChI=1S/C16H27ClN2/c1-13(2)11-19(12-14(3)4)9-8-18-16-7-5-6-15(17)10-16/h5-7,10,13-14,18H,8-9,11-12H2,1-4H3. The Morgan fingerprint density at radius 1 is 1.11 bits per heavy atom. The molecule has 0 heterocycles. The number of nitrogens with one attached hydrogen (secondary N) is 1. The molecule has 0 radical (unpaired) electrons. The van der Waals surface area contributed by atoms with E-state index in [4.69, 9.17) is 11.6 Å². The molecule has 0 amide bonds. The smallest absolute Gasteiger partial charge is 0.0426 e. The summed E-state index contributed by atoms with van der Waals surface area (Å²) in [6.45, 7) is 13.5. The summed E-state index contributed by atoms with van der Waals surface area (Å²) in [5, 5.41) is 4.22. The number of benzene rings is 1. The number of rotatable bonds is 8. The van der Waals surface area contributed by atoms with Gasteiger partial charge < -0.3 is 10.2 Å². The molecule has 108 valence electrons. The SMILES string of the molecule is CC(C)CN(CCNc1cccc(Cl)c1)CC(C)C. The van der Waals surface area contributed by atoms with Crippen LogP contribution in [0.1, 0.15) is 27.7 Å². The Morgan fingerprint density at radius 2 is 1.74 bits per heavy atom. The lowest BCUT2D eigenvalue weighted by molar-refractivity contribution is 0.227. The van der Waals surface area contributed by atoms with Gasteiger partial charge in [-0.1, -0.05) is 45.4 Å². The summed E-state index contributed by atoms with van der Waals surface area (Å²) in [6.07, 6.45) is 0. The fourth-order valence-corrected chi connectivity index (χ4v) is 2.44. The monoisotopic (exact) mass is 282 g/mol. The maximum Gasteiger partial charge on any atom is 0.0426 e. The molecule has 19 heavy (non-hydrogen) atoms. The molecule has 2 nitrogen and oxygen atoms in total. The van der Waals surface area contributed by atoms with Crippen LogP contribution in [0.2, 0.25) is 5.02 Å². The van der Waals surface area contributed by atoms with Crippen molar-refractivity contribution in [1.82, 2.24) is 4.90 Å². The van der Waals surface area contributed by atoms with Gasteiger partial charge in [-0.05, 0) is 30.0 Å². The summed E-state index contributed by atoms with van der Waals surface area (Å²) in [6, 6.07) is 7.90. The first-order valence-electron chi connectivity index (χ1n) is 7.19. The Kier molecular flexibility index (Phi) is 7.25. The van der Waals surface area contributed by atoms with E-state index in [1.54, 1.807) is 0 Å². The van der Waals surface area contributed by atoms with Crippen molar-refractivity contribution in [2.45, 2.75) is 27.7 Å². The van der Waals surface area contributed by atoms with Crippen LogP contribution in [0, 0.1) is 11.8 Å². The average Bonchev–Trinajstić information content (AvgIpc) is 2.27. The molecule has 0 fully saturated rings. The van der Waals surface area contributed by atoms with Gasteiger partial charge in [0.1, 0.15) is 0 Å². The Bertz CT molecular complexity index is 354. The Balaban J connectivity index is 2.38. The third kappa shape index (κ3) is 7.44. The van der Waals surface area contributed by atoms with E-state index in [0.717, 1.165) is 36.9 Å². The van der Waals surface area contributed by atoms with Gasteiger partial charge in [-0.15, -0.1) is 0 Å². The second-order valence-electron chi connectivity index (χ2n) is 5.98. The summed E-state index contributed by atoms with van der Waals surface area (Å²) in [7, 11) is 0. The molecule has 0 unspecified atom stereocenters. The quantitative estimate of drug-likeness (QED) is 0.762. The predicted molar refractivity (Wildman–Crippen MR) is 86.1 cm³/mol. The first-order chi connectivity index (χ1) is 8.97. The molecule has 1 rings (SSSR count). The molecule has 1 aromatic rings. The maximum absolute atomic E-state index is 5.97. The van der Waals surface area contributed by atoms with Crippen LogP contribution >= 0.6 is 11.6 Å². The van der Waals surface area contributed by atoms with Crippen LogP contribution in [0.15, 0.2) is 24.3 Å². The first kappa shape index (κ1) is 16.3. The van der Waals surface area contributed by atoms with Gasteiger partial charge in [0.2, 0.25) is 0 Å². The minimum absolute atomic E-state index is 0.713. The second-order valence-corrected chi connectivity index (χ2v) is 6.42.